The van der Waals surface area contributed by atoms with Gasteiger partial charge in [0.05, 0.1) is 24.7 Å². The Bertz CT molecular complexity index is 1040. The number of nitrogens with zero attached hydrogens (tertiary/aromatic N) is 1. The largest absolute Gasteiger partial charge is 0.496 e. The third-order valence-electron chi connectivity index (χ3n) is 4.28. The Hall–Kier alpha value is -2.63. The number of ether oxygens (including phenoxy) is 1. The lowest BCUT2D eigenvalue weighted by molar-refractivity contribution is -0.117. The highest BCUT2D eigenvalue weighted by atomic mass is 79.9. The van der Waals surface area contributed by atoms with Gasteiger partial charge in [-0.15, -0.1) is 0 Å². The lowest BCUT2D eigenvalue weighted by Gasteiger charge is -2.11. The van der Waals surface area contributed by atoms with E-state index in [9.17, 15) is 13.2 Å². The summed E-state index contributed by atoms with van der Waals surface area (Å²) >= 11 is 3.35. The van der Waals surface area contributed by atoms with Gasteiger partial charge >= 0.3 is 0 Å². The molecule has 0 aliphatic rings. The van der Waals surface area contributed by atoms with Crippen LogP contribution in [0, 0.1) is 11.3 Å². The Labute approximate surface area is 185 Å². The number of methoxy groups -OCH3 is 1. The van der Waals surface area contributed by atoms with E-state index in [2.05, 4.69) is 21.2 Å². The number of rotatable bonds is 10. The van der Waals surface area contributed by atoms with Gasteiger partial charge in [0.25, 0.3) is 0 Å². The summed E-state index contributed by atoms with van der Waals surface area (Å²) in [6.07, 6.45) is 2.00. The lowest BCUT2D eigenvalue weighted by Crippen LogP contribution is -2.30. The Morgan fingerprint density at radius 2 is 1.90 bits per heavy atom. The van der Waals surface area contributed by atoms with Crippen molar-refractivity contribution < 1.29 is 17.9 Å². The van der Waals surface area contributed by atoms with Crippen molar-refractivity contribution in [3.05, 3.63) is 69.7 Å². The second kappa shape index (κ2) is 11.5. The maximum absolute atomic E-state index is 12.8. The zero-order valence-electron chi connectivity index (χ0n) is 16.6. The van der Waals surface area contributed by atoms with Crippen LogP contribution in [0.1, 0.15) is 17.5 Å². The van der Waals surface area contributed by atoms with Crippen molar-refractivity contribution in [3.8, 4) is 11.8 Å². The minimum atomic E-state index is -3.58. The van der Waals surface area contributed by atoms with Crippen LogP contribution in [-0.4, -0.2) is 39.5 Å². The van der Waals surface area contributed by atoms with Crippen LogP contribution < -0.4 is 10.1 Å². The number of halogens is 1. The summed E-state index contributed by atoms with van der Waals surface area (Å²) in [4.78, 5) is 12.8. The number of nitrogens with one attached hydrogen (secondary N) is 1. The number of hydrogen-bond donors (Lipinski definition) is 1. The SMILES string of the molecule is COc1ccccc1CCNC(=O)/C(=C/c1ccc(Br)cc1)CS(=O)(=O)CCC#N. The molecule has 2 aromatic rings. The zero-order valence-corrected chi connectivity index (χ0v) is 19.0. The molecule has 8 heteroatoms. The van der Waals surface area contributed by atoms with Crippen LogP contribution in [-0.2, 0) is 21.1 Å². The van der Waals surface area contributed by atoms with E-state index in [0.717, 1.165) is 15.8 Å². The fourth-order valence-electron chi connectivity index (χ4n) is 2.78. The highest BCUT2D eigenvalue weighted by Crippen LogP contribution is 2.18. The lowest BCUT2D eigenvalue weighted by atomic mass is 10.1. The van der Waals surface area contributed by atoms with Gasteiger partial charge in [0.15, 0.2) is 9.84 Å². The molecule has 0 unspecified atom stereocenters. The molecule has 6 nitrogen and oxygen atoms in total. The normalized spacial score (nSPS) is 11.6. The third-order valence-corrected chi connectivity index (χ3v) is 6.38. The van der Waals surface area contributed by atoms with Crippen molar-refractivity contribution in [1.82, 2.24) is 5.32 Å². The smallest absolute Gasteiger partial charge is 0.248 e. The molecule has 2 aromatic carbocycles. The van der Waals surface area contributed by atoms with Gasteiger partial charge < -0.3 is 10.1 Å². The molecule has 2 rings (SSSR count). The van der Waals surface area contributed by atoms with Gasteiger partial charge in [0, 0.05) is 23.0 Å². The molecular weight excluding hydrogens is 468 g/mol. The number of nitriles is 1. The van der Waals surface area contributed by atoms with Gasteiger partial charge in [-0.25, -0.2) is 8.42 Å². The van der Waals surface area contributed by atoms with Crippen LogP contribution in [0.25, 0.3) is 6.08 Å². The Kier molecular flexibility index (Phi) is 9.09. The van der Waals surface area contributed by atoms with Crippen molar-refractivity contribution in [2.24, 2.45) is 0 Å². The molecule has 0 heterocycles. The van der Waals surface area contributed by atoms with Gasteiger partial charge in [-0.05, 0) is 41.8 Å². The molecule has 0 spiro atoms. The average Bonchev–Trinajstić information content (AvgIpc) is 2.73. The van der Waals surface area contributed by atoms with Crippen LogP contribution in [0.3, 0.4) is 0 Å². The second-order valence-corrected chi connectivity index (χ2v) is 9.64. The molecule has 0 saturated heterocycles. The molecule has 30 heavy (non-hydrogen) atoms. The number of benzene rings is 2. The summed E-state index contributed by atoms with van der Waals surface area (Å²) in [5.74, 6) is -0.425. The number of carbonyl (C=O) groups is 1. The fourth-order valence-corrected chi connectivity index (χ4v) is 4.28. The number of carbonyl (C=O) groups excluding carboxylic acids is 1. The summed E-state index contributed by atoms with van der Waals surface area (Å²) in [6.45, 7) is 0.328. The molecule has 1 N–H and O–H groups in total. The summed E-state index contributed by atoms with van der Waals surface area (Å²) in [7, 11) is -2.00. The van der Waals surface area contributed by atoms with Crippen LogP contribution in [0.4, 0.5) is 0 Å². The number of amides is 1. The molecule has 0 aliphatic carbocycles. The molecule has 0 fully saturated rings. The van der Waals surface area contributed by atoms with E-state index >= 15 is 0 Å². The first-order chi connectivity index (χ1) is 14.3. The number of para-hydroxylation sites is 1. The summed E-state index contributed by atoms with van der Waals surface area (Å²) in [5.41, 5.74) is 1.79. The van der Waals surface area contributed by atoms with Gasteiger partial charge in [-0.2, -0.15) is 5.26 Å². The van der Waals surface area contributed by atoms with E-state index in [0.29, 0.717) is 18.5 Å². The predicted octanol–water partition coefficient (Wildman–Crippen LogP) is 3.53. The highest BCUT2D eigenvalue weighted by molar-refractivity contribution is 9.10. The second-order valence-electron chi connectivity index (χ2n) is 6.54. The van der Waals surface area contributed by atoms with Crippen molar-refractivity contribution in [3.63, 3.8) is 0 Å². The first-order valence-corrected chi connectivity index (χ1v) is 11.9. The van der Waals surface area contributed by atoms with E-state index in [-0.39, 0.29) is 17.7 Å². The van der Waals surface area contributed by atoms with E-state index in [1.807, 2.05) is 42.5 Å². The molecule has 0 aromatic heterocycles. The minimum absolute atomic E-state index is 0.108. The van der Waals surface area contributed by atoms with Crippen molar-refractivity contribution in [1.29, 1.82) is 5.26 Å². The van der Waals surface area contributed by atoms with Crippen LogP contribution in [0.15, 0.2) is 58.6 Å². The predicted molar refractivity (Wildman–Crippen MR) is 121 cm³/mol. The zero-order chi connectivity index (χ0) is 22.0. The molecule has 1 amide bonds. The topological polar surface area (TPSA) is 96.3 Å². The molecule has 0 saturated carbocycles. The Morgan fingerprint density at radius 3 is 2.57 bits per heavy atom. The number of sulfone groups is 1. The fraction of sp³-hybridized carbons (Fsp3) is 0.273. The first kappa shape index (κ1) is 23.6. The molecule has 0 radical (unpaired) electrons. The third kappa shape index (κ3) is 7.65. The van der Waals surface area contributed by atoms with Crippen molar-refractivity contribution in [2.75, 3.05) is 25.2 Å². The molecule has 0 bridgehead atoms. The van der Waals surface area contributed by atoms with Gasteiger partial charge in [0.2, 0.25) is 5.91 Å². The van der Waals surface area contributed by atoms with Crippen molar-refractivity contribution >= 4 is 37.8 Å². The molecular formula is C22H23BrN2O4S. The van der Waals surface area contributed by atoms with Crippen LogP contribution in [0.5, 0.6) is 5.75 Å². The Morgan fingerprint density at radius 1 is 1.20 bits per heavy atom. The Balaban J connectivity index is 2.15. The average molecular weight is 491 g/mol. The van der Waals surface area contributed by atoms with Gasteiger partial charge in [-0.1, -0.05) is 46.3 Å². The van der Waals surface area contributed by atoms with E-state index < -0.39 is 21.5 Å². The molecule has 0 atom stereocenters. The van der Waals surface area contributed by atoms with Crippen LogP contribution >= 0.6 is 15.9 Å². The van der Waals surface area contributed by atoms with E-state index in [1.165, 1.54) is 0 Å². The summed E-state index contributed by atoms with van der Waals surface area (Å²) < 4.78 is 30.9. The highest BCUT2D eigenvalue weighted by Gasteiger charge is 2.19. The van der Waals surface area contributed by atoms with Gasteiger partial charge in [-0.3, -0.25) is 4.79 Å². The van der Waals surface area contributed by atoms with Crippen molar-refractivity contribution in [2.45, 2.75) is 12.8 Å². The molecule has 0 aliphatic heterocycles. The first-order valence-electron chi connectivity index (χ1n) is 9.28. The quantitative estimate of drug-likeness (QED) is 0.513. The van der Waals surface area contributed by atoms with Gasteiger partial charge in [0.1, 0.15) is 5.75 Å². The standard InChI is InChI=1S/C22H23BrN2O4S/c1-29-21-6-3-2-5-18(21)11-13-25-22(26)19(16-30(27,28)14-4-12-24)15-17-7-9-20(23)10-8-17/h2-3,5-10,15H,4,11,13-14,16H2,1H3,(H,25,26)/b19-15+. The number of hydrogen-bond acceptors (Lipinski definition) is 5. The molecule has 158 valence electrons. The maximum atomic E-state index is 12.8. The summed E-state index contributed by atoms with van der Waals surface area (Å²) in [6, 6.07) is 16.5. The summed E-state index contributed by atoms with van der Waals surface area (Å²) in [5, 5.41) is 11.5. The minimum Gasteiger partial charge on any atom is -0.496 e. The van der Waals surface area contributed by atoms with Crippen LogP contribution in [0.2, 0.25) is 0 Å². The maximum Gasteiger partial charge on any atom is 0.248 e. The van der Waals surface area contributed by atoms with E-state index in [1.54, 1.807) is 25.3 Å². The monoisotopic (exact) mass is 490 g/mol. The van der Waals surface area contributed by atoms with E-state index in [4.69, 9.17) is 10.00 Å².